The number of benzene rings is 1. The van der Waals surface area contributed by atoms with Gasteiger partial charge in [-0.2, -0.15) is 13.2 Å². The first-order valence-electron chi connectivity index (χ1n) is 4.57. The first-order chi connectivity index (χ1) is 7.71. The van der Waals surface area contributed by atoms with Crippen LogP contribution in [0.5, 0.6) is 0 Å². The fraction of sp³-hybridized carbons (Fsp3) is 0.300. The van der Waals surface area contributed by atoms with Crippen LogP contribution in [0.15, 0.2) is 18.2 Å². The average Bonchev–Trinajstić information content (AvgIpc) is 2.19. The van der Waals surface area contributed by atoms with Crippen molar-refractivity contribution in [1.82, 2.24) is 0 Å². The van der Waals surface area contributed by atoms with Crippen LogP contribution in [-0.2, 0) is 11.0 Å². The van der Waals surface area contributed by atoms with Crippen molar-refractivity contribution in [3.63, 3.8) is 0 Å². The summed E-state index contributed by atoms with van der Waals surface area (Å²) in [5, 5.41) is 11.0. The first-order valence-corrected chi connectivity index (χ1v) is 4.95. The van der Waals surface area contributed by atoms with Gasteiger partial charge in [0.2, 0.25) is 0 Å². The minimum atomic E-state index is -4.52. The highest BCUT2D eigenvalue weighted by Gasteiger charge is 2.31. The molecule has 17 heavy (non-hydrogen) atoms. The number of carbonyl (C=O) groups excluding carboxylic acids is 1. The molecule has 0 fully saturated rings. The van der Waals surface area contributed by atoms with Crippen molar-refractivity contribution in [2.24, 2.45) is 0 Å². The minimum absolute atomic E-state index is 0.0352. The van der Waals surface area contributed by atoms with Gasteiger partial charge >= 0.3 is 6.18 Å². The number of hydrogen-bond donors (Lipinski definition) is 2. The average molecular weight is 268 g/mol. The van der Waals surface area contributed by atoms with Gasteiger partial charge in [0.05, 0.1) is 16.3 Å². The fourth-order valence-electron chi connectivity index (χ4n) is 1.03. The van der Waals surface area contributed by atoms with Gasteiger partial charge in [-0.15, -0.1) is 0 Å². The van der Waals surface area contributed by atoms with Gasteiger partial charge in [-0.25, -0.2) is 0 Å². The van der Waals surface area contributed by atoms with Gasteiger partial charge in [-0.05, 0) is 25.1 Å². The predicted octanol–water partition coefficient (Wildman–Crippen LogP) is 2.68. The van der Waals surface area contributed by atoms with E-state index in [-0.39, 0.29) is 10.7 Å². The summed E-state index contributed by atoms with van der Waals surface area (Å²) in [5.41, 5.74) is -1.12. The zero-order valence-electron chi connectivity index (χ0n) is 8.68. The van der Waals surface area contributed by atoms with Gasteiger partial charge in [0, 0.05) is 0 Å². The Balaban J connectivity index is 3.03. The Bertz CT molecular complexity index is 432. The molecule has 0 aliphatic carbocycles. The largest absolute Gasteiger partial charge is 0.416 e. The summed E-state index contributed by atoms with van der Waals surface area (Å²) in [5.74, 6) is -0.828. The molecule has 0 bridgehead atoms. The Morgan fingerprint density at radius 2 is 2.06 bits per heavy atom. The summed E-state index contributed by atoms with van der Waals surface area (Å²) < 4.78 is 37.2. The zero-order valence-corrected chi connectivity index (χ0v) is 9.43. The number of aliphatic hydroxyl groups excluding tert-OH is 1. The van der Waals surface area contributed by atoms with Crippen LogP contribution in [0.2, 0.25) is 5.02 Å². The lowest BCUT2D eigenvalue weighted by Gasteiger charge is -2.12. The molecule has 1 amide bonds. The van der Waals surface area contributed by atoms with E-state index < -0.39 is 23.8 Å². The van der Waals surface area contributed by atoms with Crippen molar-refractivity contribution in [1.29, 1.82) is 0 Å². The van der Waals surface area contributed by atoms with Crippen molar-refractivity contribution in [2.45, 2.75) is 19.2 Å². The molecule has 1 atom stereocenters. The summed E-state index contributed by atoms with van der Waals surface area (Å²) in [6.45, 7) is 1.19. The number of hydrogen-bond acceptors (Lipinski definition) is 2. The maximum Gasteiger partial charge on any atom is 0.416 e. The second-order valence-corrected chi connectivity index (χ2v) is 3.76. The normalized spacial score (nSPS) is 13.3. The number of amides is 1. The second-order valence-electron chi connectivity index (χ2n) is 3.36. The third kappa shape index (κ3) is 3.61. The van der Waals surface area contributed by atoms with Crippen LogP contribution in [0, 0.1) is 0 Å². The van der Waals surface area contributed by atoms with E-state index in [0.29, 0.717) is 6.07 Å². The van der Waals surface area contributed by atoms with Crippen LogP contribution >= 0.6 is 11.6 Å². The molecule has 1 unspecified atom stereocenters. The highest BCUT2D eigenvalue weighted by molar-refractivity contribution is 6.33. The molecule has 94 valence electrons. The Morgan fingerprint density at radius 3 is 2.53 bits per heavy atom. The van der Waals surface area contributed by atoms with Crippen molar-refractivity contribution in [3.05, 3.63) is 28.8 Å². The molecule has 0 saturated heterocycles. The highest BCUT2D eigenvalue weighted by Crippen LogP contribution is 2.33. The molecule has 1 aromatic rings. The predicted molar refractivity (Wildman–Crippen MR) is 56.8 cm³/mol. The maximum atomic E-state index is 12.4. The van der Waals surface area contributed by atoms with E-state index in [1.165, 1.54) is 6.92 Å². The van der Waals surface area contributed by atoms with Crippen LogP contribution in [-0.4, -0.2) is 17.1 Å². The fourth-order valence-corrected chi connectivity index (χ4v) is 1.20. The van der Waals surface area contributed by atoms with E-state index in [9.17, 15) is 18.0 Å². The molecule has 7 heteroatoms. The molecular formula is C10H9ClF3NO2. The van der Waals surface area contributed by atoms with E-state index in [4.69, 9.17) is 16.7 Å². The van der Waals surface area contributed by atoms with Gasteiger partial charge in [0.1, 0.15) is 6.10 Å². The van der Waals surface area contributed by atoms with E-state index in [2.05, 4.69) is 5.32 Å². The van der Waals surface area contributed by atoms with Gasteiger partial charge in [0.15, 0.2) is 0 Å². The third-order valence-electron chi connectivity index (χ3n) is 1.93. The van der Waals surface area contributed by atoms with Gasteiger partial charge < -0.3 is 10.4 Å². The molecule has 0 aliphatic rings. The Hall–Kier alpha value is -1.27. The van der Waals surface area contributed by atoms with E-state index in [1.807, 2.05) is 0 Å². The molecule has 1 rings (SSSR count). The summed E-state index contributed by atoms with van der Waals surface area (Å²) in [7, 11) is 0. The number of rotatable bonds is 2. The number of halogens is 4. The molecule has 0 radical (unpaired) electrons. The number of aliphatic hydroxyl groups is 1. The van der Waals surface area contributed by atoms with Gasteiger partial charge in [-0.1, -0.05) is 11.6 Å². The minimum Gasteiger partial charge on any atom is -0.384 e. The van der Waals surface area contributed by atoms with Crippen LogP contribution in [0.3, 0.4) is 0 Å². The standard InChI is InChI=1S/C10H9ClF3NO2/c1-5(16)9(17)15-8-4-6(10(12,13)14)2-3-7(8)11/h2-5,16H,1H3,(H,15,17). The summed E-state index contributed by atoms with van der Waals surface area (Å²) in [6, 6.07) is 2.55. The molecule has 1 aromatic carbocycles. The first kappa shape index (κ1) is 13.8. The molecule has 0 aliphatic heterocycles. The molecule has 0 saturated carbocycles. The Morgan fingerprint density at radius 1 is 1.47 bits per heavy atom. The van der Waals surface area contributed by atoms with Gasteiger partial charge in [0.25, 0.3) is 5.91 Å². The highest BCUT2D eigenvalue weighted by atomic mass is 35.5. The number of alkyl halides is 3. The monoisotopic (exact) mass is 267 g/mol. The second kappa shape index (κ2) is 4.93. The Labute approximate surface area is 100 Å². The SMILES string of the molecule is CC(O)C(=O)Nc1cc(C(F)(F)F)ccc1Cl. The van der Waals surface area contributed by atoms with Crippen molar-refractivity contribution in [2.75, 3.05) is 5.32 Å². The van der Waals surface area contributed by atoms with E-state index >= 15 is 0 Å². The number of anilines is 1. The lowest BCUT2D eigenvalue weighted by atomic mass is 10.2. The molecule has 0 spiro atoms. The van der Waals surface area contributed by atoms with Crippen LogP contribution < -0.4 is 5.32 Å². The summed E-state index contributed by atoms with van der Waals surface area (Å²) in [4.78, 5) is 11.1. The lowest BCUT2D eigenvalue weighted by Crippen LogP contribution is -2.24. The van der Waals surface area contributed by atoms with Crippen molar-refractivity contribution < 1.29 is 23.1 Å². The molecule has 2 N–H and O–H groups in total. The maximum absolute atomic E-state index is 12.4. The summed E-state index contributed by atoms with van der Waals surface area (Å²) >= 11 is 5.63. The zero-order chi connectivity index (χ0) is 13.2. The van der Waals surface area contributed by atoms with Crippen molar-refractivity contribution in [3.8, 4) is 0 Å². The lowest BCUT2D eigenvalue weighted by molar-refractivity contribution is -0.137. The summed E-state index contributed by atoms with van der Waals surface area (Å²) in [6.07, 6.45) is -5.85. The van der Waals surface area contributed by atoms with Crippen LogP contribution in [0.25, 0.3) is 0 Å². The van der Waals surface area contributed by atoms with E-state index in [1.54, 1.807) is 0 Å². The topological polar surface area (TPSA) is 49.3 Å². The Kier molecular flexibility index (Phi) is 4.00. The molecule has 0 aromatic heterocycles. The number of carbonyl (C=O) groups is 1. The third-order valence-corrected chi connectivity index (χ3v) is 2.26. The van der Waals surface area contributed by atoms with Crippen LogP contribution in [0.1, 0.15) is 12.5 Å². The van der Waals surface area contributed by atoms with Crippen molar-refractivity contribution >= 4 is 23.2 Å². The van der Waals surface area contributed by atoms with E-state index in [0.717, 1.165) is 12.1 Å². The molecular weight excluding hydrogens is 259 g/mol. The van der Waals surface area contributed by atoms with Gasteiger partial charge in [-0.3, -0.25) is 4.79 Å². The quantitative estimate of drug-likeness (QED) is 0.865. The number of nitrogens with one attached hydrogen (secondary N) is 1. The molecule has 3 nitrogen and oxygen atoms in total. The smallest absolute Gasteiger partial charge is 0.384 e. The molecule has 0 heterocycles. The van der Waals surface area contributed by atoms with Crippen LogP contribution in [0.4, 0.5) is 18.9 Å².